The number of para-hydroxylation sites is 1. The number of rotatable bonds is 3. The van der Waals surface area contributed by atoms with Gasteiger partial charge in [-0.3, -0.25) is 4.79 Å². The minimum atomic E-state index is -0.152. The zero-order valence-electron chi connectivity index (χ0n) is 13.1. The molecule has 0 spiro atoms. The van der Waals surface area contributed by atoms with Gasteiger partial charge in [0.2, 0.25) is 4.96 Å². The Labute approximate surface area is 151 Å². The van der Waals surface area contributed by atoms with Crippen molar-refractivity contribution in [1.29, 1.82) is 0 Å². The van der Waals surface area contributed by atoms with Gasteiger partial charge >= 0.3 is 0 Å². The molecule has 0 aliphatic carbocycles. The zero-order valence-corrected chi connectivity index (χ0v) is 14.7. The summed E-state index contributed by atoms with van der Waals surface area (Å²) >= 11 is 7.22. The van der Waals surface area contributed by atoms with Gasteiger partial charge in [0.1, 0.15) is 5.75 Å². The summed E-state index contributed by atoms with van der Waals surface area (Å²) in [6.45, 7) is 0. The molecule has 0 amide bonds. The molecule has 0 aliphatic heterocycles. The molecule has 124 valence electrons. The summed E-state index contributed by atoms with van der Waals surface area (Å²) < 4.78 is 7.44. The largest absolute Gasteiger partial charge is 0.496 e. The summed E-state index contributed by atoms with van der Waals surface area (Å²) in [5.41, 5.74) is 1.48. The van der Waals surface area contributed by atoms with Gasteiger partial charge < -0.3 is 4.74 Å². The lowest BCUT2D eigenvalue weighted by Gasteiger charge is -2.02. The second kappa shape index (κ2) is 6.31. The van der Waals surface area contributed by atoms with Crippen LogP contribution in [0.1, 0.15) is 5.56 Å². The number of nitrogens with zero attached hydrogens (tertiary/aromatic N) is 3. The number of hydrogen-bond donors (Lipinski definition) is 0. The Bertz CT molecular complexity index is 1170. The predicted molar refractivity (Wildman–Crippen MR) is 99.4 cm³/mol. The molecule has 0 atom stereocenters. The van der Waals surface area contributed by atoms with Crippen molar-refractivity contribution in [1.82, 2.24) is 14.6 Å². The minimum absolute atomic E-state index is 0.152. The van der Waals surface area contributed by atoms with Gasteiger partial charge in [0.15, 0.2) is 5.82 Å². The molecule has 4 rings (SSSR count). The molecular weight excluding hydrogens is 358 g/mol. The number of benzene rings is 2. The maximum atomic E-state index is 12.8. The summed E-state index contributed by atoms with van der Waals surface area (Å²) in [6.07, 6.45) is 1.81. The van der Waals surface area contributed by atoms with Crippen molar-refractivity contribution in [2.45, 2.75) is 0 Å². The van der Waals surface area contributed by atoms with Gasteiger partial charge in [-0.05, 0) is 36.4 Å². The van der Waals surface area contributed by atoms with Crippen molar-refractivity contribution in [2.75, 3.05) is 7.11 Å². The smallest absolute Gasteiger partial charge is 0.276 e. The van der Waals surface area contributed by atoms with E-state index in [0.29, 0.717) is 26.1 Å². The number of fused-ring (bicyclic) bond motifs is 1. The minimum Gasteiger partial charge on any atom is -0.496 e. The molecule has 2 aromatic heterocycles. The zero-order chi connectivity index (χ0) is 17.4. The van der Waals surface area contributed by atoms with E-state index in [9.17, 15) is 4.79 Å². The van der Waals surface area contributed by atoms with Gasteiger partial charge in [-0.25, -0.2) is 4.40 Å². The molecule has 0 unspecified atom stereocenters. The summed E-state index contributed by atoms with van der Waals surface area (Å²) in [4.78, 5) is 13.4. The Morgan fingerprint density at radius 3 is 2.64 bits per heavy atom. The van der Waals surface area contributed by atoms with Gasteiger partial charge in [-0.15, -0.1) is 10.2 Å². The van der Waals surface area contributed by atoms with Gasteiger partial charge in [-0.1, -0.05) is 41.1 Å². The van der Waals surface area contributed by atoms with Crippen molar-refractivity contribution in [2.24, 2.45) is 0 Å². The Morgan fingerprint density at radius 2 is 1.88 bits per heavy atom. The quantitative estimate of drug-likeness (QED) is 0.557. The van der Waals surface area contributed by atoms with Crippen LogP contribution in [0.5, 0.6) is 5.75 Å². The summed E-state index contributed by atoms with van der Waals surface area (Å²) in [6, 6.07) is 14.7. The molecule has 25 heavy (non-hydrogen) atoms. The first-order valence-electron chi connectivity index (χ1n) is 7.46. The van der Waals surface area contributed by atoms with Crippen LogP contribution in [0.25, 0.3) is 22.4 Å². The van der Waals surface area contributed by atoms with Gasteiger partial charge in [0.05, 0.1) is 11.6 Å². The first-order valence-corrected chi connectivity index (χ1v) is 8.65. The van der Waals surface area contributed by atoms with Crippen LogP contribution >= 0.6 is 22.9 Å². The average molecular weight is 370 g/mol. The lowest BCUT2D eigenvalue weighted by Crippen LogP contribution is -2.23. The molecular formula is C18H12ClN3O2S. The Balaban J connectivity index is 1.91. The van der Waals surface area contributed by atoms with E-state index in [1.54, 1.807) is 19.2 Å². The molecule has 0 aliphatic rings. The maximum Gasteiger partial charge on any atom is 0.276 e. The molecule has 4 aromatic rings. The Morgan fingerprint density at radius 1 is 1.12 bits per heavy atom. The third-order valence-corrected chi connectivity index (χ3v) is 4.99. The second-order valence-electron chi connectivity index (χ2n) is 5.31. The van der Waals surface area contributed by atoms with E-state index >= 15 is 0 Å². The van der Waals surface area contributed by atoms with Crippen molar-refractivity contribution in [3.05, 3.63) is 74.0 Å². The van der Waals surface area contributed by atoms with Crippen LogP contribution in [0.3, 0.4) is 0 Å². The number of methoxy groups -OCH3 is 1. The van der Waals surface area contributed by atoms with Crippen LogP contribution in [-0.4, -0.2) is 21.7 Å². The fourth-order valence-corrected chi connectivity index (χ4v) is 3.60. The third-order valence-electron chi connectivity index (χ3n) is 3.78. The van der Waals surface area contributed by atoms with Gasteiger partial charge in [0, 0.05) is 16.1 Å². The van der Waals surface area contributed by atoms with Gasteiger partial charge in [0.25, 0.3) is 5.56 Å². The van der Waals surface area contributed by atoms with Crippen LogP contribution < -0.4 is 14.8 Å². The maximum absolute atomic E-state index is 12.8. The van der Waals surface area contributed by atoms with E-state index in [4.69, 9.17) is 16.3 Å². The average Bonchev–Trinajstić information content (AvgIpc) is 3.17. The molecule has 0 saturated carbocycles. The SMILES string of the molecule is COc1ccccc1C=c1sc2nnc(-c3ccc(Cl)cc3)n2c1=O. The highest BCUT2D eigenvalue weighted by Crippen LogP contribution is 2.21. The van der Waals surface area contributed by atoms with E-state index in [-0.39, 0.29) is 5.56 Å². The first kappa shape index (κ1) is 15.8. The highest BCUT2D eigenvalue weighted by molar-refractivity contribution is 7.15. The highest BCUT2D eigenvalue weighted by Gasteiger charge is 2.14. The number of aromatic nitrogens is 3. The van der Waals surface area contributed by atoms with Gasteiger partial charge in [-0.2, -0.15) is 0 Å². The molecule has 0 bridgehead atoms. The molecule has 2 heterocycles. The van der Waals surface area contributed by atoms with Crippen LogP contribution in [0, 0.1) is 0 Å². The molecule has 0 saturated heterocycles. The Hall–Kier alpha value is -2.70. The predicted octanol–water partition coefficient (Wildman–Crippen LogP) is 3.03. The lowest BCUT2D eigenvalue weighted by molar-refractivity contribution is 0.414. The normalized spacial score (nSPS) is 12.0. The van der Waals surface area contributed by atoms with E-state index in [1.165, 1.54) is 15.7 Å². The topological polar surface area (TPSA) is 56.5 Å². The lowest BCUT2D eigenvalue weighted by atomic mass is 10.2. The second-order valence-corrected chi connectivity index (χ2v) is 6.75. The van der Waals surface area contributed by atoms with E-state index < -0.39 is 0 Å². The molecule has 7 heteroatoms. The van der Waals surface area contributed by atoms with E-state index in [2.05, 4.69) is 10.2 Å². The first-order chi connectivity index (χ1) is 12.2. The fourth-order valence-electron chi connectivity index (χ4n) is 2.58. The van der Waals surface area contributed by atoms with Crippen LogP contribution in [0.15, 0.2) is 53.3 Å². The van der Waals surface area contributed by atoms with Crippen LogP contribution in [0.4, 0.5) is 0 Å². The van der Waals surface area contributed by atoms with Crippen LogP contribution in [0.2, 0.25) is 5.02 Å². The number of halogens is 1. The van der Waals surface area contributed by atoms with Crippen molar-refractivity contribution in [3.63, 3.8) is 0 Å². The fraction of sp³-hybridized carbons (Fsp3) is 0.0556. The van der Waals surface area contributed by atoms with Crippen molar-refractivity contribution >= 4 is 34.0 Å². The standard InChI is InChI=1S/C18H12ClN3O2S/c1-24-14-5-3-2-4-12(14)10-15-17(23)22-16(20-21-18(22)25-15)11-6-8-13(19)9-7-11/h2-10H,1H3. The molecule has 0 N–H and O–H groups in total. The number of hydrogen-bond acceptors (Lipinski definition) is 5. The monoisotopic (exact) mass is 369 g/mol. The third kappa shape index (κ3) is 2.79. The van der Waals surface area contributed by atoms with Crippen LogP contribution in [-0.2, 0) is 0 Å². The van der Waals surface area contributed by atoms with Crippen molar-refractivity contribution < 1.29 is 4.74 Å². The molecule has 5 nitrogen and oxygen atoms in total. The summed E-state index contributed by atoms with van der Waals surface area (Å²) in [7, 11) is 1.61. The highest BCUT2D eigenvalue weighted by atomic mass is 35.5. The number of ether oxygens (including phenoxy) is 1. The summed E-state index contributed by atoms with van der Waals surface area (Å²) in [5.74, 6) is 1.22. The number of thiazole rings is 1. The summed E-state index contributed by atoms with van der Waals surface area (Å²) in [5, 5.41) is 8.90. The van der Waals surface area contributed by atoms with E-state index in [0.717, 1.165) is 11.1 Å². The van der Waals surface area contributed by atoms with Crippen molar-refractivity contribution in [3.8, 4) is 17.1 Å². The Kier molecular flexibility index (Phi) is 3.99. The molecule has 0 radical (unpaired) electrons. The molecule has 0 fully saturated rings. The molecule has 2 aromatic carbocycles. The van der Waals surface area contributed by atoms with E-state index in [1.807, 2.05) is 42.5 Å².